The van der Waals surface area contributed by atoms with Crippen LogP contribution in [0, 0.1) is 5.92 Å². The monoisotopic (exact) mass is 390 g/mol. The zero-order valence-corrected chi connectivity index (χ0v) is 16.1. The van der Waals surface area contributed by atoms with Crippen molar-refractivity contribution in [3.63, 3.8) is 0 Å². The zero-order chi connectivity index (χ0) is 19.7. The first kappa shape index (κ1) is 17.9. The molecule has 2 fully saturated rings. The van der Waals surface area contributed by atoms with Gasteiger partial charge in [0.2, 0.25) is 5.82 Å². The standard InChI is InChI=1S/C21H22N6O2/c28-19(17-23-8-1-9-24-17)27-12-6-21(7-13-27,14-15-2-3-15)20-25-18(29-26-20)16-4-10-22-11-5-16/h1,4-5,8-11,15H,2-3,6-7,12-14H2. The van der Waals surface area contributed by atoms with Crippen molar-refractivity contribution in [2.45, 2.75) is 37.5 Å². The molecule has 29 heavy (non-hydrogen) atoms. The highest BCUT2D eigenvalue weighted by Gasteiger charge is 2.45. The molecule has 1 aliphatic heterocycles. The number of aromatic nitrogens is 5. The normalized spacial score (nSPS) is 18.6. The number of amides is 1. The average Bonchev–Trinajstić information content (AvgIpc) is 3.45. The number of pyridine rings is 1. The van der Waals surface area contributed by atoms with Gasteiger partial charge in [-0.2, -0.15) is 4.98 Å². The molecule has 4 heterocycles. The van der Waals surface area contributed by atoms with Crippen LogP contribution in [0.25, 0.3) is 11.5 Å². The van der Waals surface area contributed by atoms with Crippen molar-refractivity contribution in [1.29, 1.82) is 0 Å². The third kappa shape index (κ3) is 3.62. The fourth-order valence-corrected chi connectivity index (χ4v) is 4.13. The summed E-state index contributed by atoms with van der Waals surface area (Å²) in [4.78, 5) is 31.5. The lowest BCUT2D eigenvalue weighted by molar-refractivity contribution is 0.0633. The molecule has 5 rings (SSSR count). The van der Waals surface area contributed by atoms with Gasteiger partial charge in [0, 0.05) is 48.9 Å². The minimum Gasteiger partial charge on any atom is -0.336 e. The first-order chi connectivity index (χ1) is 14.2. The molecule has 0 spiro atoms. The Morgan fingerprint density at radius 3 is 2.52 bits per heavy atom. The lowest BCUT2D eigenvalue weighted by Gasteiger charge is -2.39. The minimum atomic E-state index is -0.149. The molecule has 0 radical (unpaired) electrons. The summed E-state index contributed by atoms with van der Waals surface area (Å²) in [6, 6.07) is 5.45. The van der Waals surface area contributed by atoms with E-state index in [1.807, 2.05) is 17.0 Å². The van der Waals surface area contributed by atoms with E-state index >= 15 is 0 Å². The van der Waals surface area contributed by atoms with Crippen LogP contribution in [-0.2, 0) is 5.41 Å². The van der Waals surface area contributed by atoms with E-state index in [-0.39, 0.29) is 17.1 Å². The molecule has 0 bridgehead atoms. The Labute approximate surface area is 168 Å². The SMILES string of the molecule is O=C(c1ncccn1)N1CCC(CC2CC2)(c2noc(-c3ccncc3)n2)CC1. The molecule has 148 valence electrons. The third-order valence-corrected chi connectivity index (χ3v) is 5.97. The van der Waals surface area contributed by atoms with Gasteiger partial charge in [-0.15, -0.1) is 0 Å². The van der Waals surface area contributed by atoms with Gasteiger partial charge in [0.25, 0.3) is 11.8 Å². The summed E-state index contributed by atoms with van der Waals surface area (Å²) in [5.41, 5.74) is 0.721. The Hall–Kier alpha value is -3.16. The summed E-state index contributed by atoms with van der Waals surface area (Å²) in [5.74, 6) is 2.14. The number of hydrogen-bond donors (Lipinski definition) is 0. The van der Waals surface area contributed by atoms with Crippen molar-refractivity contribution >= 4 is 5.91 Å². The first-order valence-electron chi connectivity index (χ1n) is 10.0. The zero-order valence-electron chi connectivity index (χ0n) is 16.1. The molecule has 1 aliphatic carbocycles. The quantitative estimate of drug-likeness (QED) is 0.660. The topological polar surface area (TPSA) is 97.9 Å². The van der Waals surface area contributed by atoms with Gasteiger partial charge in [0.05, 0.1) is 0 Å². The molecule has 8 nitrogen and oxygen atoms in total. The molecule has 1 saturated carbocycles. The number of hydrogen-bond acceptors (Lipinski definition) is 7. The van der Waals surface area contributed by atoms with Gasteiger partial charge in [-0.1, -0.05) is 18.0 Å². The summed E-state index contributed by atoms with van der Waals surface area (Å²) in [6.07, 6.45) is 11.8. The van der Waals surface area contributed by atoms with Gasteiger partial charge < -0.3 is 9.42 Å². The molecule has 0 unspecified atom stereocenters. The van der Waals surface area contributed by atoms with Crippen molar-refractivity contribution in [1.82, 2.24) is 30.0 Å². The molecule has 1 amide bonds. The van der Waals surface area contributed by atoms with Crippen LogP contribution in [0.4, 0.5) is 0 Å². The maximum Gasteiger partial charge on any atom is 0.291 e. The van der Waals surface area contributed by atoms with Crippen LogP contribution in [0.5, 0.6) is 0 Å². The number of nitrogens with zero attached hydrogens (tertiary/aromatic N) is 6. The molecular weight excluding hydrogens is 368 g/mol. The second-order valence-corrected chi connectivity index (χ2v) is 7.95. The minimum absolute atomic E-state index is 0.115. The summed E-state index contributed by atoms with van der Waals surface area (Å²) in [7, 11) is 0. The van der Waals surface area contributed by atoms with Gasteiger partial charge >= 0.3 is 0 Å². The van der Waals surface area contributed by atoms with Crippen molar-refractivity contribution in [3.8, 4) is 11.5 Å². The summed E-state index contributed by atoms with van der Waals surface area (Å²) >= 11 is 0. The number of carbonyl (C=O) groups is 1. The van der Waals surface area contributed by atoms with Crippen LogP contribution < -0.4 is 0 Å². The summed E-state index contributed by atoms with van der Waals surface area (Å²) in [6.45, 7) is 1.28. The van der Waals surface area contributed by atoms with E-state index in [0.29, 0.717) is 19.0 Å². The first-order valence-corrected chi connectivity index (χ1v) is 10.0. The largest absolute Gasteiger partial charge is 0.336 e. The van der Waals surface area contributed by atoms with Crippen molar-refractivity contribution in [3.05, 3.63) is 54.6 Å². The highest BCUT2D eigenvalue weighted by molar-refractivity contribution is 5.90. The Morgan fingerprint density at radius 2 is 1.83 bits per heavy atom. The highest BCUT2D eigenvalue weighted by atomic mass is 16.5. The molecular formula is C21H22N6O2. The lowest BCUT2D eigenvalue weighted by Crippen LogP contribution is -2.46. The van der Waals surface area contributed by atoms with Crippen LogP contribution in [0.3, 0.4) is 0 Å². The van der Waals surface area contributed by atoms with E-state index in [2.05, 4.69) is 20.1 Å². The van der Waals surface area contributed by atoms with Crippen molar-refractivity contribution in [2.24, 2.45) is 5.92 Å². The van der Waals surface area contributed by atoms with Gasteiger partial charge in [-0.05, 0) is 43.4 Å². The smallest absolute Gasteiger partial charge is 0.291 e. The molecule has 8 heteroatoms. The van der Waals surface area contributed by atoms with Crippen LogP contribution >= 0.6 is 0 Å². The Balaban J connectivity index is 1.36. The van der Waals surface area contributed by atoms with Gasteiger partial charge in [-0.3, -0.25) is 9.78 Å². The Kier molecular flexibility index (Phi) is 4.54. The fourth-order valence-electron chi connectivity index (χ4n) is 4.13. The van der Waals surface area contributed by atoms with E-state index in [9.17, 15) is 4.79 Å². The fraction of sp³-hybridized carbons (Fsp3) is 0.429. The van der Waals surface area contributed by atoms with E-state index < -0.39 is 0 Å². The van der Waals surface area contributed by atoms with Crippen molar-refractivity contribution < 1.29 is 9.32 Å². The Bertz CT molecular complexity index is 979. The molecule has 2 aliphatic rings. The second-order valence-electron chi connectivity index (χ2n) is 7.95. The Morgan fingerprint density at radius 1 is 1.10 bits per heavy atom. The highest BCUT2D eigenvalue weighted by Crippen LogP contribution is 2.46. The molecule has 3 aromatic rings. The molecule has 0 N–H and O–H groups in total. The van der Waals surface area contributed by atoms with Gasteiger partial charge in [0.15, 0.2) is 5.82 Å². The average molecular weight is 390 g/mol. The lowest BCUT2D eigenvalue weighted by atomic mass is 9.73. The summed E-state index contributed by atoms with van der Waals surface area (Å²) in [5, 5.41) is 4.36. The van der Waals surface area contributed by atoms with Crippen LogP contribution in [0.15, 0.2) is 47.5 Å². The number of rotatable bonds is 5. The van der Waals surface area contributed by atoms with Gasteiger partial charge in [0.1, 0.15) is 0 Å². The molecule has 3 aromatic heterocycles. The van der Waals surface area contributed by atoms with Crippen molar-refractivity contribution in [2.75, 3.05) is 13.1 Å². The predicted molar refractivity (Wildman–Crippen MR) is 104 cm³/mol. The number of likely N-dealkylation sites (tertiary alicyclic amines) is 1. The molecule has 0 atom stereocenters. The van der Waals surface area contributed by atoms with E-state index in [1.165, 1.54) is 12.8 Å². The van der Waals surface area contributed by atoms with E-state index in [4.69, 9.17) is 9.51 Å². The molecule has 1 saturated heterocycles. The summed E-state index contributed by atoms with van der Waals surface area (Å²) < 4.78 is 5.59. The maximum atomic E-state index is 12.7. The third-order valence-electron chi connectivity index (χ3n) is 5.97. The second kappa shape index (κ2) is 7.35. The number of carbonyl (C=O) groups excluding carboxylic acids is 1. The maximum absolute atomic E-state index is 12.7. The number of piperidine rings is 1. The van der Waals surface area contributed by atoms with Crippen LogP contribution in [0.2, 0.25) is 0 Å². The van der Waals surface area contributed by atoms with E-state index in [0.717, 1.165) is 36.6 Å². The predicted octanol–water partition coefficient (Wildman–Crippen LogP) is 2.90. The van der Waals surface area contributed by atoms with Crippen LogP contribution in [0.1, 0.15) is 48.5 Å². The van der Waals surface area contributed by atoms with Crippen LogP contribution in [-0.4, -0.2) is 49.0 Å². The molecule has 0 aromatic carbocycles. The van der Waals surface area contributed by atoms with E-state index in [1.54, 1.807) is 30.9 Å². The van der Waals surface area contributed by atoms with Gasteiger partial charge in [-0.25, -0.2) is 9.97 Å².